The highest BCUT2D eigenvalue weighted by atomic mass is 19.4. The number of hydrogen-bond acceptors (Lipinski definition) is 3. The van der Waals surface area contributed by atoms with Crippen LogP contribution in [0.5, 0.6) is 11.5 Å². The highest BCUT2D eigenvalue weighted by molar-refractivity contribution is 5.92. The average molecular weight is 430 g/mol. The number of carbonyl (C=O) groups is 1. The summed E-state index contributed by atoms with van der Waals surface area (Å²) in [4.78, 5) is 12.3. The second-order valence-corrected chi connectivity index (χ2v) is 6.74. The molecule has 1 aliphatic rings. The zero-order chi connectivity index (χ0) is 22.1. The number of aryl methyl sites for hydroxylation is 1. The summed E-state index contributed by atoms with van der Waals surface area (Å²) in [5.74, 6) is -7.99. The molecule has 0 fully saturated rings. The number of allylic oxidation sites excluding steroid dienone is 1. The Bertz CT molecular complexity index is 988. The quantitative estimate of drug-likeness (QED) is 0.315. The fourth-order valence-corrected chi connectivity index (χ4v) is 3.22. The third-order valence-corrected chi connectivity index (χ3v) is 4.50. The lowest BCUT2D eigenvalue weighted by atomic mass is 9.89. The van der Waals surface area contributed by atoms with Crippen LogP contribution in [-0.4, -0.2) is 12.3 Å². The summed E-state index contributed by atoms with van der Waals surface area (Å²) < 4.78 is 86.6. The third-order valence-electron chi connectivity index (χ3n) is 4.50. The summed E-state index contributed by atoms with van der Waals surface area (Å²) >= 11 is 0. The van der Waals surface area contributed by atoms with Gasteiger partial charge in [-0.15, -0.1) is 13.2 Å². The molecular weight excluding hydrogens is 414 g/mol. The molecule has 9 heteroatoms. The predicted molar refractivity (Wildman–Crippen MR) is 95.6 cm³/mol. The topological polar surface area (TPSA) is 35.5 Å². The Hall–Kier alpha value is -2.97. The minimum atomic E-state index is -5.31. The number of rotatable bonds is 5. The van der Waals surface area contributed by atoms with Gasteiger partial charge < -0.3 is 9.47 Å². The molecule has 0 saturated heterocycles. The molecule has 2 aromatic rings. The van der Waals surface area contributed by atoms with Crippen molar-refractivity contribution >= 4 is 12.0 Å². The van der Waals surface area contributed by atoms with Crippen molar-refractivity contribution in [2.24, 2.45) is 0 Å². The van der Waals surface area contributed by atoms with Crippen molar-refractivity contribution in [2.45, 2.75) is 39.0 Å². The van der Waals surface area contributed by atoms with E-state index in [2.05, 4.69) is 4.74 Å². The van der Waals surface area contributed by atoms with Crippen LogP contribution in [-0.2, 0) is 6.42 Å². The SMILES string of the molecule is CCCC1=Cc2cc(F)c(C(=O)Oc3cc(F)c(OC(F)(F)F)c(F)c3)cc2CC1. The highest BCUT2D eigenvalue weighted by Gasteiger charge is 2.34. The van der Waals surface area contributed by atoms with Crippen LogP contribution in [0.25, 0.3) is 6.08 Å². The molecule has 0 aromatic heterocycles. The van der Waals surface area contributed by atoms with Crippen molar-refractivity contribution in [3.63, 3.8) is 0 Å². The molecule has 0 radical (unpaired) electrons. The number of ether oxygens (including phenoxy) is 2. The van der Waals surface area contributed by atoms with Crippen LogP contribution in [0.2, 0.25) is 0 Å². The maximum absolute atomic E-state index is 14.4. The number of benzene rings is 2. The Morgan fingerprint density at radius 3 is 2.27 bits per heavy atom. The lowest BCUT2D eigenvalue weighted by Crippen LogP contribution is -2.19. The fourth-order valence-electron chi connectivity index (χ4n) is 3.22. The molecule has 3 rings (SSSR count). The fraction of sp³-hybridized carbons (Fsp3) is 0.286. The number of alkyl halides is 3. The van der Waals surface area contributed by atoms with E-state index in [-0.39, 0.29) is 0 Å². The molecule has 1 aliphatic carbocycles. The van der Waals surface area contributed by atoms with Crippen molar-refractivity contribution in [2.75, 3.05) is 0 Å². The average Bonchev–Trinajstić information content (AvgIpc) is 2.63. The van der Waals surface area contributed by atoms with Crippen molar-refractivity contribution < 1.29 is 40.6 Å². The van der Waals surface area contributed by atoms with Gasteiger partial charge in [0.25, 0.3) is 0 Å². The standard InChI is InChI=1S/C21H16F6O3/c1-2-3-11-4-5-12-7-15(16(22)8-13(12)6-11)20(28)29-14-9-17(23)19(18(24)10-14)30-21(25,26)27/h6-10H,2-5H2,1H3. The summed E-state index contributed by atoms with van der Waals surface area (Å²) in [6, 6.07) is 3.18. The Balaban J connectivity index is 1.83. The van der Waals surface area contributed by atoms with E-state index in [1.54, 1.807) is 0 Å². The van der Waals surface area contributed by atoms with Gasteiger partial charge in [0.15, 0.2) is 11.6 Å². The Morgan fingerprint density at radius 1 is 1.00 bits per heavy atom. The van der Waals surface area contributed by atoms with Gasteiger partial charge in [0.1, 0.15) is 11.6 Å². The first-order valence-corrected chi connectivity index (χ1v) is 9.06. The third kappa shape index (κ3) is 4.95. The first kappa shape index (κ1) is 21.7. The summed E-state index contributed by atoms with van der Waals surface area (Å²) in [6.45, 7) is 2.03. The molecule has 30 heavy (non-hydrogen) atoms. The van der Waals surface area contributed by atoms with Crippen molar-refractivity contribution in [3.05, 3.63) is 64.0 Å². The molecule has 0 N–H and O–H groups in total. The molecule has 0 spiro atoms. The van der Waals surface area contributed by atoms with Crippen LogP contribution in [0, 0.1) is 17.5 Å². The van der Waals surface area contributed by atoms with Crippen LogP contribution in [0.1, 0.15) is 47.7 Å². The lowest BCUT2D eigenvalue weighted by Gasteiger charge is -2.17. The first-order chi connectivity index (χ1) is 14.1. The molecule has 2 aromatic carbocycles. The minimum absolute atomic E-state index is 0.345. The summed E-state index contributed by atoms with van der Waals surface area (Å²) in [5.41, 5.74) is 2.09. The second-order valence-electron chi connectivity index (χ2n) is 6.74. The zero-order valence-electron chi connectivity index (χ0n) is 15.7. The van der Waals surface area contributed by atoms with Gasteiger partial charge >= 0.3 is 12.3 Å². The van der Waals surface area contributed by atoms with Gasteiger partial charge in [-0.2, -0.15) is 0 Å². The predicted octanol–water partition coefficient (Wildman–Crippen LogP) is 6.35. The van der Waals surface area contributed by atoms with Crippen molar-refractivity contribution in [1.29, 1.82) is 0 Å². The number of hydrogen-bond donors (Lipinski definition) is 0. The van der Waals surface area contributed by atoms with Crippen LogP contribution in [0.4, 0.5) is 26.3 Å². The lowest BCUT2D eigenvalue weighted by molar-refractivity contribution is -0.276. The molecule has 0 amide bonds. The van der Waals surface area contributed by atoms with Gasteiger partial charge in [-0.05, 0) is 42.5 Å². The normalized spacial score (nSPS) is 13.5. The summed E-state index contributed by atoms with van der Waals surface area (Å²) in [6.07, 6.45) is -0.251. The van der Waals surface area contributed by atoms with Crippen molar-refractivity contribution in [3.8, 4) is 11.5 Å². The Morgan fingerprint density at radius 2 is 1.67 bits per heavy atom. The zero-order valence-corrected chi connectivity index (χ0v) is 15.7. The summed E-state index contributed by atoms with van der Waals surface area (Å²) in [5, 5.41) is 0. The van der Waals surface area contributed by atoms with E-state index in [0.717, 1.165) is 24.8 Å². The van der Waals surface area contributed by atoms with Gasteiger partial charge in [0.2, 0.25) is 5.75 Å². The first-order valence-electron chi connectivity index (χ1n) is 9.06. The number of carbonyl (C=O) groups excluding carboxylic acids is 1. The molecule has 0 atom stereocenters. The van der Waals surface area contributed by atoms with Crippen LogP contribution >= 0.6 is 0 Å². The van der Waals surface area contributed by atoms with Gasteiger partial charge in [-0.1, -0.05) is 25.0 Å². The van der Waals surface area contributed by atoms with E-state index in [1.807, 2.05) is 13.0 Å². The van der Waals surface area contributed by atoms with Gasteiger partial charge in [0.05, 0.1) is 5.56 Å². The van der Waals surface area contributed by atoms with Gasteiger partial charge in [0, 0.05) is 12.1 Å². The number of fused-ring (bicyclic) bond motifs is 1. The van der Waals surface area contributed by atoms with E-state index in [9.17, 15) is 31.1 Å². The maximum atomic E-state index is 14.4. The maximum Gasteiger partial charge on any atom is 0.573 e. The molecule has 0 heterocycles. The van der Waals surface area contributed by atoms with Crippen molar-refractivity contribution in [1.82, 2.24) is 0 Å². The Labute approximate surface area is 167 Å². The molecule has 0 unspecified atom stereocenters. The molecule has 160 valence electrons. The van der Waals surface area contributed by atoms with E-state index >= 15 is 0 Å². The Kier molecular flexibility index (Phi) is 6.09. The largest absolute Gasteiger partial charge is 0.573 e. The van der Waals surface area contributed by atoms with Crippen LogP contribution in [0.3, 0.4) is 0 Å². The summed E-state index contributed by atoms with van der Waals surface area (Å²) in [7, 11) is 0. The van der Waals surface area contributed by atoms with Gasteiger partial charge in [-0.25, -0.2) is 18.0 Å². The molecular formula is C21H16F6O3. The van der Waals surface area contributed by atoms with Crippen LogP contribution < -0.4 is 9.47 Å². The monoisotopic (exact) mass is 430 g/mol. The van der Waals surface area contributed by atoms with E-state index in [0.29, 0.717) is 24.1 Å². The minimum Gasteiger partial charge on any atom is -0.423 e. The van der Waals surface area contributed by atoms with E-state index in [4.69, 9.17) is 4.74 Å². The molecule has 0 aliphatic heterocycles. The molecule has 0 saturated carbocycles. The second kappa shape index (κ2) is 8.41. The number of esters is 1. The molecule has 0 bridgehead atoms. The number of halogens is 6. The smallest absolute Gasteiger partial charge is 0.423 e. The van der Waals surface area contributed by atoms with Crippen LogP contribution in [0.15, 0.2) is 29.8 Å². The van der Waals surface area contributed by atoms with Gasteiger partial charge in [-0.3, -0.25) is 0 Å². The molecule has 3 nitrogen and oxygen atoms in total. The van der Waals surface area contributed by atoms with E-state index in [1.165, 1.54) is 17.7 Å². The highest BCUT2D eigenvalue weighted by Crippen LogP contribution is 2.33. The van der Waals surface area contributed by atoms with E-state index < -0.39 is 46.8 Å².